The van der Waals surface area contributed by atoms with Crippen molar-refractivity contribution in [3.8, 4) is 29.3 Å². The number of alkyl halides is 2. The molecule has 15 heteroatoms. The van der Waals surface area contributed by atoms with E-state index in [-0.39, 0.29) is 69.6 Å². The molecule has 2 fully saturated rings. The van der Waals surface area contributed by atoms with Crippen LogP contribution in [0.25, 0.3) is 17.3 Å². The molecular formula is C35H37F2N9O4. The summed E-state index contributed by atoms with van der Waals surface area (Å²) in [5, 5.41) is 21.9. The van der Waals surface area contributed by atoms with Gasteiger partial charge in [-0.2, -0.15) is 15.3 Å². The maximum Gasteiger partial charge on any atom is 0.274 e. The third-order valence-electron chi connectivity index (χ3n) is 10.6. The van der Waals surface area contributed by atoms with Gasteiger partial charge in [0, 0.05) is 48.1 Å². The topological polar surface area (TPSA) is 170 Å². The van der Waals surface area contributed by atoms with Gasteiger partial charge in [-0.05, 0) is 76.7 Å². The maximum absolute atomic E-state index is 15.7. The number of hydrogen-bond acceptors (Lipinski definition) is 11. The van der Waals surface area contributed by atoms with Crippen molar-refractivity contribution < 1.29 is 27.6 Å². The van der Waals surface area contributed by atoms with Gasteiger partial charge < -0.3 is 25.0 Å². The Hall–Kier alpha value is -4.94. The van der Waals surface area contributed by atoms with E-state index in [0.29, 0.717) is 49.6 Å². The van der Waals surface area contributed by atoms with Crippen LogP contribution >= 0.6 is 0 Å². The van der Waals surface area contributed by atoms with Crippen LogP contribution < -0.4 is 15.8 Å². The summed E-state index contributed by atoms with van der Waals surface area (Å²) < 4.78 is 50.6. The number of nitrogens with one attached hydrogen (secondary N) is 1. The zero-order valence-electron chi connectivity index (χ0n) is 27.8. The van der Waals surface area contributed by atoms with Crippen molar-refractivity contribution in [3.05, 3.63) is 64.2 Å². The van der Waals surface area contributed by atoms with E-state index in [1.165, 1.54) is 16.8 Å². The second-order valence-corrected chi connectivity index (χ2v) is 13.8. The SMILES string of the molecule is C[C@H](Oc1cc(-n2ccc(C(=O)N[C@H]3CCOC3)n2)nc(-c2noc3c2CCC[C@@]32CC(F)(F)c3ccc(N)c(C#N)c32)n1)[C@@H]1CCCN1C. The molecule has 260 valence electrons. The quantitative estimate of drug-likeness (QED) is 0.266. The summed E-state index contributed by atoms with van der Waals surface area (Å²) in [7, 11) is 2.07. The predicted octanol–water partition coefficient (Wildman–Crippen LogP) is 4.27. The third-order valence-corrected chi connectivity index (χ3v) is 10.6. The highest BCUT2D eigenvalue weighted by Crippen LogP contribution is 2.61. The van der Waals surface area contributed by atoms with Crippen molar-refractivity contribution in [1.29, 1.82) is 5.26 Å². The first-order valence-corrected chi connectivity index (χ1v) is 17.0. The fourth-order valence-electron chi connectivity index (χ4n) is 8.26. The molecule has 0 saturated carbocycles. The van der Waals surface area contributed by atoms with Gasteiger partial charge in [0.1, 0.15) is 12.2 Å². The number of hydrogen-bond donors (Lipinski definition) is 2. The number of fused-ring (bicyclic) bond motifs is 4. The smallest absolute Gasteiger partial charge is 0.274 e. The zero-order valence-corrected chi connectivity index (χ0v) is 27.8. The zero-order chi connectivity index (χ0) is 34.8. The minimum atomic E-state index is -3.20. The molecule has 8 rings (SSSR count). The maximum atomic E-state index is 15.7. The van der Waals surface area contributed by atoms with Crippen LogP contribution in [-0.2, 0) is 22.5 Å². The molecular weight excluding hydrogens is 648 g/mol. The summed E-state index contributed by atoms with van der Waals surface area (Å²) >= 11 is 0. The predicted molar refractivity (Wildman–Crippen MR) is 175 cm³/mol. The standard InChI is InChI=1S/C35H37F2N9O4/c1-19(26-6-4-12-45(26)2)49-28-15-27(46-13-9-25(43-46)33(47)40-20-10-14-48-17-20)41-32(42-28)30-21-5-3-11-34(31(21)50-44-30)18-35(36,37)23-7-8-24(39)22(16-38)29(23)34/h7-9,13,15,19-20,26H,3-6,10-12,14,17-18,39H2,1-2H3,(H,40,47)/t19-,20-,26-,34-/m0/s1. The van der Waals surface area contributed by atoms with Crippen LogP contribution in [0.1, 0.15) is 84.0 Å². The Morgan fingerprint density at radius 1 is 1.24 bits per heavy atom. The number of rotatable bonds is 7. The lowest BCUT2D eigenvalue weighted by atomic mass is 9.68. The second kappa shape index (κ2) is 12.1. The number of ether oxygens (including phenoxy) is 2. The monoisotopic (exact) mass is 685 g/mol. The van der Waals surface area contributed by atoms with Crippen LogP contribution in [0.5, 0.6) is 5.88 Å². The molecule has 2 aliphatic heterocycles. The van der Waals surface area contributed by atoms with E-state index < -0.39 is 17.8 Å². The first-order valence-electron chi connectivity index (χ1n) is 17.0. The number of benzene rings is 1. The number of carbonyl (C=O) groups is 1. The van der Waals surface area contributed by atoms with Gasteiger partial charge in [-0.3, -0.25) is 9.69 Å². The van der Waals surface area contributed by atoms with Crippen molar-refractivity contribution >= 4 is 11.6 Å². The number of likely N-dealkylation sites (N-methyl/N-ethyl adjacent to an activating group) is 1. The highest BCUT2D eigenvalue weighted by atomic mass is 19.3. The van der Waals surface area contributed by atoms with Gasteiger partial charge in [-0.25, -0.2) is 18.4 Å². The molecule has 0 unspecified atom stereocenters. The van der Waals surface area contributed by atoms with Crippen LogP contribution in [0.4, 0.5) is 14.5 Å². The summed E-state index contributed by atoms with van der Waals surface area (Å²) in [6.45, 7) is 4.01. The van der Waals surface area contributed by atoms with Crippen molar-refractivity contribution in [1.82, 2.24) is 35.1 Å². The van der Waals surface area contributed by atoms with Crippen molar-refractivity contribution in [2.45, 2.75) is 81.4 Å². The molecule has 1 amide bonds. The highest BCUT2D eigenvalue weighted by molar-refractivity contribution is 5.92. The first kappa shape index (κ1) is 32.3. The van der Waals surface area contributed by atoms with Crippen molar-refractivity contribution in [3.63, 3.8) is 0 Å². The van der Waals surface area contributed by atoms with E-state index in [1.54, 1.807) is 18.3 Å². The average molecular weight is 686 g/mol. The minimum absolute atomic E-state index is 0.0317. The largest absolute Gasteiger partial charge is 0.473 e. The Kier molecular flexibility index (Phi) is 7.83. The normalized spacial score (nSPS) is 24.5. The number of nitriles is 1. The first-order chi connectivity index (χ1) is 24.1. The number of anilines is 1. The lowest BCUT2D eigenvalue weighted by molar-refractivity contribution is -0.0181. The summed E-state index contributed by atoms with van der Waals surface area (Å²) in [5.74, 6) is -2.52. The van der Waals surface area contributed by atoms with Gasteiger partial charge in [-0.15, -0.1) is 0 Å². The van der Waals surface area contributed by atoms with E-state index >= 15 is 8.78 Å². The van der Waals surface area contributed by atoms with Gasteiger partial charge in [0.2, 0.25) is 5.88 Å². The third kappa shape index (κ3) is 5.28. The molecule has 1 aromatic carbocycles. The molecule has 4 aliphatic rings. The number of nitrogens with two attached hydrogens (primary N) is 1. The summed E-state index contributed by atoms with van der Waals surface area (Å²) in [6, 6.07) is 8.09. The molecule has 3 N–H and O–H groups in total. The number of likely N-dealkylation sites (tertiary alicyclic amines) is 1. The summed E-state index contributed by atoms with van der Waals surface area (Å²) in [5.41, 5.74) is 6.10. The minimum Gasteiger partial charge on any atom is -0.473 e. The van der Waals surface area contributed by atoms with Crippen molar-refractivity contribution in [2.24, 2.45) is 0 Å². The molecule has 4 atom stereocenters. The summed E-state index contributed by atoms with van der Waals surface area (Å²) in [4.78, 5) is 24.8. The lowest BCUT2D eigenvalue weighted by Gasteiger charge is -2.33. The Morgan fingerprint density at radius 2 is 2.10 bits per heavy atom. The second-order valence-electron chi connectivity index (χ2n) is 13.8. The van der Waals surface area contributed by atoms with E-state index in [0.717, 1.165) is 25.8 Å². The van der Waals surface area contributed by atoms with Gasteiger partial charge in [-0.1, -0.05) is 11.2 Å². The van der Waals surface area contributed by atoms with Gasteiger partial charge in [0.05, 0.1) is 23.6 Å². The van der Waals surface area contributed by atoms with E-state index in [1.807, 2.05) is 6.92 Å². The highest BCUT2D eigenvalue weighted by Gasteiger charge is 2.59. The fourth-order valence-corrected chi connectivity index (χ4v) is 8.26. The van der Waals surface area contributed by atoms with Crippen LogP contribution in [0.3, 0.4) is 0 Å². The van der Waals surface area contributed by atoms with Gasteiger partial charge in [0.15, 0.2) is 28.8 Å². The van der Waals surface area contributed by atoms with E-state index in [9.17, 15) is 10.1 Å². The molecule has 2 saturated heterocycles. The molecule has 0 radical (unpaired) electrons. The number of aromatic nitrogens is 5. The molecule has 1 spiro atoms. The molecule has 2 aliphatic carbocycles. The van der Waals surface area contributed by atoms with Gasteiger partial charge >= 0.3 is 0 Å². The Bertz CT molecular complexity index is 2020. The van der Waals surface area contributed by atoms with Gasteiger partial charge in [0.25, 0.3) is 11.8 Å². The number of nitrogens with zero attached hydrogens (tertiary/aromatic N) is 7. The van der Waals surface area contributed by atoms with Crippen LogP contribution in [0.15, 0.2) is 35.0 Å². The van der Waals surface area contributed by atoms with E-state index in [4.69, 9.17) is 29.7 Å². The number of carbonyl (C=O) groups excluding carboxylic acids is 1. The lowest BCUT2D eigenvalue weighted by Crippen LogP contribution is -2.38. The fraction of sp³-hybridized carbons (Fsp3) is 0.486. The van der Waals surface area contributed by atoms with Crippen LogP contribution in [0, 0.1) is 11.3 Å². The number of halogens is 2. The summed E-state index contributed by atoms with van der Waals surface area (Å²) in [6.07, 6.45) is 4.97. The molecule has 50 heavy (non-hydrogen) atoms. The number of nitrogen functional groups attached to an aromatic ring is 1. The van der Waals surface area contributed by atoms with Crippen molar-refractivity contribution in [2.75, 3.05) is 32.5 Å². The van der Waals surface area contributed by atoms with E-state index in [2.05, 4.69) is 33.6 Å². The molecule has 3 aromatic heterocycles. The Labute approximate surface area is 286 Å². The molecule has 5 heterocycles. The Morgan fingerprint density at radius 3 is 2.86 bits per heavy atom. The van der Waals surface area contributed by atoms with Crippen LogP contribution in [-0.4, -0.2) is 80.7 Å². The number of amides is 1. The van der Waals surface area contributed by atoms with Crippen LogP contribution in [0.2, 0.25) is 0 Å². The molecule has 0 bridgehead atoms. The Balaban J connectivity index is 1.21. The molecule has 4 aromatic rings. The average Bonchev–Trinajstić information content (AvgIpc) is 3.93. The molecule has 13 nitrogen and oxygen atoms in total.